The van der Waals surface area contributed by atoms with Gasteiger partial charge in [0.15, 0.2) is 0 Å². The van der Waals surface area contributed by atoms with Gasteiger partial charge in [-0.1, -0.05) is 36.4 Å². The molecule has 8 nitrogen and oxygen atoms in total. The van der Waals surface area contributed by atoms with Crippen molar-refractivity contribution < 1.29 is 14.7 Å². The topological polar surface area (TPSA) is 116 Å². The third-order valence-electron chi connectivity index (χ3n) is 6.03. The molecule has 1 aliphatic rings. The highest BCUT2D eigenvalue weighted by molar-refractivity contribution is 6.09. The van der Waals surface area contributed by atoms with E-state index in [1.165, 1.54) is 0 Å². The zero-order chi connectivity index (χ0) is 23.7. The number of carbonyl (C=O) groups is 2. The second-order valence-electron chi connectivity index (χ2n) is 8.29. The van der Waals surface area contributed by atoms with Crippen molar-refractivity contribution in [2.75, 3.05) is 18.5 Å². The van der Waals surface area contributed by atoms with Gasteiger partial charge >= 0.3 is 6.03 Å². The van der Waals surface area contributed by atoms with Crippen LogP contribution in [0.1, 0.15) is 12.5 Å². The molecule has 9 heteroatoms. The molecule has 2 aromatic heterocycles. The van der Waals surface area contributed by atoms with E-state index in [0.29, 0.717) is 28.7 Å². The summed E-state index contributed by atoms with van der Waals surface area (Å²) in [6.45, 7) is 2.27. The lowest BCUT2D eigenvalue weighted by Gasteiger charge is -2.23. The predicted molar refractivity (Wildman–Crippen MR) is 137 cm³/mol. The van der Waals surface area contributed by atoms with E-state index in [1.54, 1.807) is 25.4 Å². The minimum atomic E-state index is -1.22. The fraction of sp³-hybridized carbons (Fsp3) is 0.154. The van der Waals surface area contributed by atoms with Gasteiger partial charge in [-0.3, -0.25) is 15.1 Å². The summed E-state index contributed by atoms with van der Waals surface area (Å²) in [5, 5.41) is 17.9. The summed E-state index contributed by atoms with van der Waals surface area (Å²) in [6, 6.07) is 19.1. The van der Waals surface area contributed by atoms with Crippen LogP contribution < -0.4 is 16.0 Å². The number of urea groups is 1. The number of rotatable bonds is 6. The number of hydrogen-bond donors (Lipinski definition) is 4. The lowest BCUT2D eigenvalue weighted by atomic mass is 9.88. The molecule has 3 heterocycles. The minimum absolute atomic E-state index is 0. The Bertz CT molecular complexity index is 1390. The molecule has 0 aliphatic carbocycles. The molecule has 35 heavy (non-hydrogen) atoms. The van der Waals surface area contributed by atoms with E-state index in [-0.39, 0.29) is 19.0 Å². The zero-order valence-electron chi connectivity index (χ0n) is 18.9. The monoisotopic (exact) mass is 489 g/mol. The highest BCUT2D eigenvalue weighted by Gasteiger charge is 2.44. The molecule has 1 unspecified atom stereocenters. The molecule has 3 amide bonds. The maximum atomic E-state index is 12.6. The summed E-state index contributed by atoms with van der Waals surface area (Å²) in [7, 11) is 0. The minimum Gasteiger partial charge on any atom is -0.395 e. The number of aliphatic hydroxyl groups is 1. The maximum absolute atomic E-state index is 12.6. The van der Waals surface area contributed by atoms with Crippen LogP contribution in [0, 0.1) is 0 Å². The number of aliphatic hydroxyl groups excluding tert-OH is 1. The van der Waals surface area contributed by atoms with Crippen LogP contribution in [0.2, 0.25) is 0 Å². The second kappa shape index (κ2) is 9.69. The molecule has 5 rings (SSSR count). The van der Waals surface area contributed by atoms with Crippen molar-refractivity contribution >= 4 is 40.9 Å². The highest BCUT2D eigenvalue weighted by atomic mass is 35.5. The Hall–Kier alpha value is -4.01. The van der Waals surface area contributed by atoms with Crippen molar-refractivity contribution in [3.8, 4) is 22.4 Å². The number of aromatic nitrogens is 2. The van der Waals surface area contributed by atoms with Gasteiger partial charge in [-0.25, -0.2) is 9.78 Å². The summed E-state index contributed by atoms with van der Waals surface area (Å²) in [4.78, 5) is 33.5. The van der Waals surface area contributed by atoms with Crippen LogP contribution in [-0.4, -0.2) is 40.2 Å². The summed E-state index contributed by atoms with van der Waals surface area (Å²) in [5.74, 6) is -0.410. The summed E-state index contributed by atoms with van der Waals surface area (Å²) in [6.07, 6.45) is 3.31. The van der Waals surface area contributed by atoms with E-state index in [2.05, 4.69) is 20.9 Å². The Balaban J connectivity index is 0.00000289. The first-order valence-corrected chi connectivity index (χ1v) is 10.9. The Labute approximate surface area is 208 Å². The van der Waals surface area contributed by atoms with Gasteiger partial charge < -0.3 is 15.7 Å². The van der Waals surface area contributed by atoms with Crippen molar-refractivity contribution in [1.82, 2.24) is 20.6 Å². The molecule has 1 aliphatic heterocycles. The molecule has 2 aromatic carbocycles. The van der Waals surface area contributed by atoms with Gasteiger partial charge in [0, 0.05) is 35.6 Å². The predicted octanol–water partition coefficient (Wildman–Crippen LogP) is 3.84. The number of carbonyl (C=O) groups excluding carboxylic acids is 2. The molecular weight excluding hydrogens is 466 g/mol. The van der Waals surface area contributed by atoms with E-state index in [4.69, 9.17) is 10.1 Å². The Kier molecular flexibility index (Phi) is 6.68. The first kappa shape index (κ1) is 24.1. The van der Waals surface area contributed by atoms with Gasteiger partial charge in [-0.05, 0) is 47.9 Å². The number of fused-ring (bicyclic) bond motifs is 1. The van der Waals surface area contributed by atoms with E-state index >= 15 is 0 Å². The van der Waals surface area contributed by atoms with Crippen LogP contribution in [0.3, 0.4) is 0 Å². The van der Waals surface area contributed by atoms with Gasteiger partial charge in [0.05, 0.1) is 17.8 Å². The van der Waals surface area contributed by atoms with E-state index in [9.17, 15) is 9.59 Å². The maximum Gasteiger partial charge on any atom is 0.322 e. The van der Waals surface area contributed by atoms with Crippen LogP contribution in [-0.2, 0) is 10.3 Å². The van der Waals surface area contributed by atoms with Crippen molar-refractivity contribution in [3.05, 3.63) is 78.6 Å². The van der Waals surface area contributed by atoms with Crippen molar-refractivity contribution in [1.29, 1.82) is 0 Å². The summed E-state index contributed by atoms with van der Waals surface area (Å²) >= 11 is 0. The fourth-order valence-electron chi connectivity index (χ4n) is 4.18. The SMILES string of the molecule is CC1(c2cc(-c3ccc(-c4ccc(NCCO)cc4)cc3)nc3ccncc23)NC(=O)NC1=O.Cl. The van der Waals surface area contributed by atoms with E-state index in [0.717, 1.165) is 22.4 Å². The number of pyridine rings is 2. The number of amides is 3. The zero-order valence-corrected chi connectivity index (χ0v) is 19.7. The highest BCUT2D eigenvalue weighted by Crippen LogP contribution is 2.34. The average Bonchev–Trinajstić information content (AvgIpc) is 3.14. The lowest BCUT2D eigenvalue weighted by Crippen LogP contribution is -2.40. The van der Waals surface area contributed by atoms with Crippen molar-refractivity contribution in [2.45, 2.75) is 12.5 Å². The van der Waals surface area contributed by atoms with Crippen LogP contribution in [0.15, 0.2) is 73.1 Å². The molecule has 0 saturated carbocycles. The summed E-state index contributed by atoms with van der Waals surface area (Å²) < 4.78 is 0. The van der Waals surface area contributed by atoms with Crippen LogP contribution in [0.25, 0.3) is 33.3 Å². The quantitative estimate of drug-likeness (QED) is 0.306. The molecule has 1 saturated heterocycles. The average molecular weight is 490 g/mol. The number of anilines is 1. The van der Waals surface area contributed by atoms with Gasteiger partial charge in [-0.15, -0.1) is 12.4 Å². The van der Waals surface area contributed by atoms with Crippen molar-refractivity contribution in [2.24, 2.45) is 0 Å². The van der Waals surface area contributed by atoms with Gasteiger partial charge in [-0.2, -0.15) is 0 Å². The van der Waals surface area contributed by atoms with Gasteiger partial charge in [0.25, 0.3) is 5.91 Å². The Morgan fingerprint density at radius 3 is 2.26 bits per heavy atom. The third-order valence-corrected chi connectivity index (χ3v) is 6.03. The summed E-state index contributed by atoms with van der Waals surface area (Å²) in [5.41, 5.74) is 4.76. The molecule has 0 radical (unpaired) electrons. The largest absolute Gasteiger partial charge is 0.395 e. The van der Waals surface area contributed by atoms with Crippen molar-refractivity contribution in [3.63, 3.8) is 0 Å². The first-order valence-electron chi connectivity index (χ1n) is 10.9. The third kappa shape index (κ3) is 4.53. The lowest BCUT2D eigenvalue weighted by molar-refractivity contribution is -0.123. The van der Waals surface area contributed by atoms with Gasteiger partial charge in [0.1, 0.15) is 5.54 Å². The van der Waals surface area contributed by atoms with Gasteiger partial charge in [0.2, 0.25) is 0 Å². The molecule has 0 bridgehead atoms. The number of nitrogens with zero attached hydrogens (tertiary/aromatic N) is 2. The van der Waals surface area contributed by atoms with Crippen LogP contribution >= 0.6 is 12.4 Å². The van der Waals surface area contributed by atoms with Crippen LogP contribution in [0.5, 0.6) is 0 Å². The number of halogens is 1. The molecule has 4 aromatic rings. The van der Waals surface area contributed by atoms with Crippen LogP contribution in [0.4, 0.5) is 10.5 Å². The Morgan fingerprint density at radius 2 is 1.63 bits per heavy atom. The Morgan fingerprint density at radius 1 is 0.971 bits per heavy atom. The fourth-order valence-corrected chi connectivity index (χ4v) is 4.18. The molecule has 1 atom stereocenters. The normalized spacial score (nSPS) is 17.0. The molecular formula is C26H24ClN5O3. The number of nitrogens with one attached hydrogen (secondary N) is 3. The molecule has 1 fully saturated rings. The number of imide groups is 1. The van der Waals surface area contributed by atoms with E-state index < -0.39 is 17.5 Å². The molecule has 178 valence electrons. The number of benzene rings is 2. The molecule has 4 N–H and O–H groups in total. The second-order valence-corrected chi connectivity index (χ2v) is 8.29. The first-order chi connectivity index (χ1) is 16.5. The standard InChI is InChI=1S/C26H23N5O3.ClH/c1-26(24(33)30-25(34)31-26)21-14-23(29-22-10-11-27-15-20(21)22)18-4-2-16(3-5-18)17-6-8-19(9-7-17)28-12-13-32;/h2-11,14-15,28,32H,12-13H2,1H3,(H2,30,31,33,34);1H. The smallest absolute Gasteiger partial charge is 0.322 e. The van der Waals surface area contributed by atoms with E-state index in [1.807, 2.05) is 54.6 Å². The number of hydrogen-bond acceptors (Lipinski definition) is 6. The molecule has 0 spiro atoms.